The van der Waals surface area contributed by atoms with Crippen molar-refractivity contribution in [3.8, 4) is 17.2 Å². The SMILES string of the molecule is COc1ccc2c(c1)OC1CC1(c1ccccc1OC)C2=O. The molecule has 1 fully saturated rings. The van der Waals surface area contributed by atoms with Gasteiger partial charge in [-0.1, -0.05) is 18.2 Å². The molecule has 1 heterocycles. The smallest absolute Gasteiger partial charge is 0.181 e. The Hall–Kier alpha value is -2.49. The maximum Gasteiger partial charge on any atom is 0.181 e. The van der Waals surface area contributed by atoms with Gasteiger partial charge in [-0.25, -0.2) is 0 Å². The van der Waals surface area contributed by atoms with E-state index in [1.807, 2.05) is 24.3 Å². The topological polar surface area (TPSA) is 44.8 Å². The van der Waals surface area contributed by atoms with Crippen molar-refractivity contribution in [3.63, 3.8) is 0 Å². The highest BCUT2D eigenvalue weighted by Crippen LogP contribution is 2.58. The Morgan fingerprint density at radius 1 is 1.14 bits per heavy atom. The summed E-state index contributed by atoms with van der Waals surface area (Å²) in [6, 6.07) is 13.0. The van der Waals surface area contributed by atoms with Crippen molar-refractivity contribution in [2.45, 2.75) is 17.9 Å². The van der Waals surface area contributed by atoms with Crippen LogP contribution in [0.5, 0.6) is 17.2 Å². The molecule has 0 bridgehead atoms. The standard InChI is InChI=1S/C18H16O4/c1-20-11-7-8-12-15(9-11)22-16-10-18(16,17(12)19)13-5-3-4-6-14(13)21-2/h3-9,16H,10H2,1-2H3. The molecule has 0 amide bonds. The first kappa shape index (κ1) is 13.2. The third-order valence-corrected chi connectivity index (χ3v) is 4.59. The lowest BCUT2D eigenvalue weighted by molar-refractivity contribution is 0.0886. The lowest BCUT2D eigenvalue weighted by atomic mass is 9.85. The summed E-state index contributed by atoms with van der Waals surface area (Å²) in [5.41, 5.74) is 0.920. The largest absolute Gasteiger partial charge is 0.497 e. The van der Waals surface area contributed by atoms with Gasteiger partial charge in [-0.3, -0.25) is 4.79 Å². The molecule has 2 aromatic carbocycles. The summed E-state index contributed by atoms with van der Waals surface area (Å²) in [6.45, 7) is 0. The van der Waals surface area contributed by atoms with Crippen molar-refractivity contribution in [2.24, 2.45) is 0 Å². The monoisotopic (exact) mass is 296 g/mol. The molecule has 1 saturated carbocycles. The molecule has 4 rings (SSSR count). The van der Waals surface area contributed by atoms with E-state index in [-0.39, 0.29) is 11.9 Å². The Morgan fingerprint density at radius 3 is 2.73 bits per heavy atom. The maximum absolute atomic E-state index is 13.1. The van der Waals surface area contributed by atoms with E-state index in [9.17, 15) is 4.79 Å². The molecule has 112 valence electrons. The fourth-order valence-electron chi connectivity index (χ4n) is 3.34. The zero-order valence-corrected chi connectivity index (χ0v) is 12.5. The number of benzene rings is 2. The van der Waals surface area contributed by atoms with Gasteiger partial charge >= 0.3 is 0 Å². The highest BCUT2D eigenvalue weighted by molar-refractivity contribution is 6.10. The first-order valence-corrected chi connectivity index (χ1v) is 7.23. The van der Waals surface area contributed by atoms with E-state index < -0.39 is 5.41 Å². The molecule has 4 heteroatoms. The second-order valence-electron chi connectivity index (χ2n) is 5.67. The van der Waals surface area contributed by atoms with Gasteiger partial charge in [-0.2, -0.15) is 0 Å². The molecule has 2 aliphatic rings. The van der Waals surface area contributed by atoms with Crippen LogP contribution in [-0.2, 0) is 5.41 Å². The Balaban J connectivity index is 1.82. The van der Waals surface area contributed by atoms with Gasteiger partial charge in [0.25, 0.3) is 0 Å². The van der Waals surface area contributed by atoms with Crippen LogP contribution in [-0.4, -0.2) is 26.1 Å². The Bertz CT molecular complexity index is 767. The summed E-state index contributed by atoms with van der Waals surface area (Å²) in [4.78, 5) is 13.1. The normalized spacial score (nSPS) is 24.8. The highest BCUT2D eigenvalue weighted by atomic mass is 16.5. The Kier molecular flexibility index (Phi) is 2.70. The van der Waals surface area contributed by atoms with E-state index in [0.717, 1.165) is 11.3 Å². The molecule has 4 nitrogen and oxygen atoms in total. The van der Waals surface area contributed by atoms with Gasteiger partial charge in [-0.15, -0.1) is 0 Å². The minimum absolute atomic E-state index is 0.103. The van der Waals surface area contributed by atoms with E-state index in [1.165, 1.54) is 0 Å². The summed E-state index contributed by atoms with van der Waals surface area (Å²) >= 11 is 0. The van der Waals surface area contributed by atoms with Crippen molar-refractivity contribution in [2.75, 3.05) is 14.2 Å². The fraction of sp³-hybridized carbons (Fsp3) is 0.278. The molecule has 1 aliphatic carbocycles. The number of rotatable bonds is 3. The van der Waals surface area contributed by atoms with Gasteiger partial charge in [0, 0.05) is 18.1 Å². The van der Waals surface area contributed by atoms with Crippen LogP contribution >= 0.6 is 0 Å². The lowest BCUT2D eigenvalue weighted by Crippen LogP contribution is -2.32. The highest BCUT2D eigenvalue weighted by Gasteiger charge is 2.67. The molecule has 0 spiro atoms. The fourth-order valence-corrected chi connectivity index (χ4v) is 3.34. The van der Waals surface area contributed by atoms with Crippen LogP contribution in [0.3, 0.4) is 0 Å². The zero-order valence-electron chi connectivity index (χ0n) is 12.5. The van der Waals surface area contributed by atoms with Crippen LogP contribution in [0.15, 0.2) is 42.5 Å². The predicted octanol–water partition coefficient (Wildman–Crippen LogP) is 2.99. The number of fused-ring (bicyclic) bond motifs is 2. The van der Waals surface area contributed by atoms with E-state index in [2.05, 4.69) is 0 Å². The Morgan fingerprint density at radius 2 is 1.95 bits per heavy atom. The van der Waals surface area contributed by atoms with Gasteiger partial charge in [0.15, 0.2) is 5.78 Å². The number of Topliss-reactive ketones (excluding diaryl/α,β-unsaturated/α-hetero) is 1. The van der Waals surface area contributed by atoms with Gasteiger partial charge < -0.3 is 14.2 Å². The first-order valence-electron chi connectivity index (χ1n) is 7.23. The van der Waals surface area contributed by atoms with Crippen LogP contribution < -0.4 is 14.2 Å². The van der Waals surface area contributed by atoms with Crippen LogP contribution in [0, 0.1) is 0 Å². The number of hydrogen-bond donors (Lipinski definition) is 0. The summed E-state index contributed by atoms with van der Waals surface area (Å²) in [6.07, 6.45) is 0.555. The van der Waals surface area contributed by atoms with Gasteiger partial charge in [0.1, 0.15) is 28.8 Å². The van der Waals surface area contributed by atoms with E-state index in [0.29, 0.717) is 23.5 Å². The second kappa shape index (κ2) is 4.50. The number of carbonyl (C=O) groups is 1. The number of carbonyl (C=O) groups excluding carboxylic acids is 1. The van der Waals surface area contributed by atoms with Gasteiger partial charge in [-0.05, 0) is 18.2 Å². The van der Waals surface area contributed by atoms with Gasteiger partial charge in [0.05, 0.1) is 19.8 Å². The molecular weight excluding hydrogens is 280 g/mol. The van der Waals surface area contributed by atoms with Crippen LogP contribution in [0.25, 0.3) is 0 Å². The molecule has 0 aromatic heterocycles. The minimum Gasteiger partial charge on any atom is -0.497 e. The first-order chi connectivity index (χ1) is 10.7. The van der Waals surface area contributed by atoms with Crippen LogP contribution in [0.4, 0.5) is 0 Å². The van der Waals surface area contributed by atoms with E-state index in [4.69, 9.17) is 14.2 Å². The summed E-state index contributed by atoms with van der Waals surface area (Å²) in [5.74, 6) is 2.14. The third kappa shape index (κ3) is 1.61. The van der Waals surface area contributed by atoms with Crippen molar-refractivity contribution in [1.29, 1.82) is 0 Å². The number of para-hydroxylation sites is 1. The molecule has 1 aliphatic heterocycles. The maximum atomic E-state index is 13.1. The molecule has 22 heavy (non-hydrogen) atoms. The van der Waals surface area contributed by atoms with Crippen LogP contribution in [0.1, 0.15) is 22.3 Å². The number of methoxy groups -OCH3 is 2. The molecule has 0 radical (unpaired) electrons. The molecule has 2 atom stereocenters. The predicted molar refractivity (Wildman–Crippen MR) is 81.0 cm³/mol. The lowest BCUT2D eigenvalue weighted by Gasteiger charge is -2.25. The van der Waals surface area contributed by atoms with Gasteiger partial charge in [0.2, 0.25) is 0 Å². The summed E-state index contributed by atoms with van der Waals surface area (Å²) in [7, 11) is 3.22. The zero-order chi connectivity index (χ0) is 15.3. The summed E-state index contributed by atoms with van der Waals surface area (Å²) in [5, 5.41) is 0. The molecule has 0 saturated heterocycles. The van der Waals surface area contributed by atoms with Crippen molar-refractivity contribution >= 4 is 5.78 Å². The molecular formula is C18H16O4. The van der Waals surface area contributed by atoms with E-state index in [1.54, 1.807) is 32.4 Å². The number of hydrogen-bond acceptors (Lipinski definition) is 4. The third-order valence-electron chi connectivity index (χ3n) is 4.59. The van der Waals surface area contributed by atoms with Crippen molar-refractivity contribution < 1.29 is 19.0 Å². The summed E-state index contributed by atoms with van der Waals surface area (Å²) < 4.78 is 16.7. The quantitative estimate of drug-likeness (QED) is 0.873. The minimum atomic E-state index is -0.603. The number of ketones is 1. The van der Waals surface area contributed by atoms with Crippen LogP contribution in [0.2, 0.25) is 0 Å². The second-order valence-corrected chi connectivity index (χ2v) is 5.67. The molecule has 2 unspecified atom stereocenters. The molecule has 0 N–H and O–H groups in total. The average Bonchev–Trinajstić information content (AvgIpc) is 3.30. The van der Waals surface area contributed by atoms with E-state index >= 15 is 0 Å². The van der Waals surface area contributed by atoms with Crippen molar-refractivity contribution in [1.82, 2.24) is 0 Å². The number of ether oxygens (including phenoxy) is 3. The molecule has 2 aromatic rings. The Labute approximate surface area is 128 Å². The average molecular weight is 296 g/mol. The van der Waals surface area contributed by atoms with Crippen molar-refractivity contribution in [3.05, 3.63) is 53.6 Å².